The molecule has 21 heavy (non-hydrogen) atoms. The predicted octanol–water partition coefficient (Wildman–Crippen LogP) is 1.39. The Morgan fingerprint density at radius 2 is 2.10 bits per heavy atom. The quantitative estimate of drug-likeness (QED) is 0.792. The van der Waals surface area contributed by atoms with Crippen LogP contribution in [0.25, 0.3) is 0 Å². The number of hydrogen-bond donors (Lipinski definition) is 2. The van der Waals surface area contributed by atoms with Gasteiger partial charge in [-0.05, 0) is 30.5 Å². The van der Waals surface area contributed by atoms with Gasteiger partial charge >= 0.3 is 5.97 Å². The van der Waals surface area contributed by atoms with Crippen molar-refractivity contribution in [2.45, 2.75) is 18.7 Å². The van der Waals surface area contributed by atoms with Crippen molar-refractivity contribution in [1.82, 2.24) is 4.72 Å². The second-order valence-electron chi connectivity index (χ2n) is 4.82. The lowest BCUT2D eigenvalue weighted by atomic mass is 10.1. The van der Waals surface area contributed by atoms with Crippen LogP contribution in [0.5, 0.6) is 0 Å². The maximum atomic E-state index is 13.6. The number of hydrogen-bond acceptors (Lipinski definition) is 4. The number of benzene rings is 1. The maximum absolute atomic E-state index is 13.6. The van der Waals surface area contributed by atoms with E-state index in [2.05, 4.69) is 4.72 Å². The number of methoxy groups -OCH3 is 1. The molecule has 8 heteroatoms. The van der Waals surface area contributed by atoms with E-state index in [4.69, 9.17) is 9.84 Å². The Morgan fingerprint density at radius 3 is 2.62 bits per heavy atom. The lowest BCUT2D eigenvalue weighted by molar-refractivity contribution is 0.0691. The second kappa shape index (κ2) is 6.97. The van der Waals surface area contributed by atoms with E-state index in [0.717, 1.165) is 12.1 Å². The first kappa shape index (κ1) is 17.5. The number of sulfonamides is 1. The SMILES string of the molecule is COCC(C)CNS(=O)(=O)c1cc(C)c(F)c(C(=O)O)c1. The molecule has 1 aromatic rings. The van der Waals surface area contributed by atoms with E-state index in [9.17, 15) is 17.6 Å². The van der Waals surface area contributed by atoms with E-state index in [0.29, 0.717) is 6.61 Å². The molecule has 0 aliphatic rings. The number of carboxylic acids is 1. The molecule has 0 saturated heterocycles. The zero-order valence-corrected chi connectivity index (χ0v) is 12.8. The fourth-order valence-electron chi connectivity index (χ4n) is 1.73. The molecular weight excluding hydrogens is 301 g/mol. The zero-order chi connectivity index (χ0) is 16.2. The van der Waals surface area contributed by atoms with Gasteiger partial charge in [-0.1, -0.05) is 6.92 Å². The van der Waals surface area contributed by atoms with Gasteiger partial charge in [0.05, 0.1) is 10.5 Å². The van der Waals surface area contributed by atoms with E-state index in [1.807, 2.05) is 0 Å². The summed E-state index contributed by atoms with van der Waals surface area (Å²) in [4.78, 5) is 10.7. The van der Waals surface area contributed by atoms with Crippen LogP contribution in [0.15, 0.2) is 17.0 Å². The maximum Gasteiger partial charge on any atom is 0.338 e. The first-order chi connectivity index (χ1) is 9.69. The van der Waals surface area contributed by atoms with Gasteiger partial charge in [0, 0.05) is 20.3 Å². The fourth-order valence-corrected chi connectivity index (χ4v) is 3.00. The van der Waals surface area contributed by atoms with Crippen molar-refractivity contribution in [2.75, 3.05) is 20.3 Å². The minimum atomic E-state index is -3.90. The lowest BCUT2D eigenvalue weighted by Crippen LogP contribution is -2.30. The van der Waals surface area contributed by atoms with E-state index < -0.39 is 27.4 Å². The Labute approximate surface area is 123 Å². The number of ether oxygens (including phenoxy) is 1. The number of rotatable bonds is 7. The number of carboxylic acid groups (broad SMARTS) is 1. The van der Waals surface area contributed by atoms with E-state index in [1.165, 1.54) is 14.0 Å². The molecule has 0 spiro atoms. The molecule has 0 aliphatic carbocycles. The highest BCUT2D eigenvalue weighted by molar-refractivity contribution is 7.89. The zero-order valence-electron chi connectivity index (χ0n) is 12.0. The van der Waals surface area contributed by atoms with Crippen LogP contribution in [0.4, 0.5) is 4.39 Å². The summed E-state index contributed by atoms with van der Waals surface area (Å²) < 4.78 is 45.1. The highest BCUT2D eigenvalue weighted by Gasteiger charge is 2.21. The summed E-state index contributed by atoms with van der Waals surface area (Å²) in [6.45, 7) is 3.62. The highest BCUT2D eigenvalue weighted by Crippen LogP contribution is 2.19. The molecular formula is C13H18FNO5S. The third kappa shape index (κ3) is 4.48. The molecule has 0 aromatic heterocycles. The summed E-state index contributed by atoms with van der Waals surface area (Å²) in [6, 6.07) is 1.92. The summed E-state index contributed by atoms with van der Waals surface area (Å²) in [7, 11) is -2.40. The number of carbonyl (C=O) groups is 1. The van der Waals surface area contributed by atoms with Crippen molar-refractivity contribution in [2.24, 2.45) is 5.92 Å². The van der Waals surface area contributed by atoms with Gasteiger partial charge in [-0.25, -0.2) is 22.3 Å². The molecule has 0 amide bonds. The molecule has 0 aliphatic heterocycles. The number of aromatic carboxylic acids is 1. The summed E-state index contributed by atoms with van der Waals surface area (Å²) in [5.74, 6) is -2.50. The minimum absolute atomic E-state index is 0.0415. The van der Waals surface area contributed by atoms with Crippen LogP contribution in [0.2, 0.25) is 0 Å². The van der Waals surface area contributed by atoms with Crippen LogP contribution < -0.4 is 4.72 Å². The number of nitrogens with one attached hydrogen (secondary N) is 1. The van der Waals surface area contributed by atoms with Crippen LogP contribution in [0, 0.1) is 18.7 Å². The van der Waals surface area contributed by atoms with Crippen LogP contribution in [0.1, 0.15) is 22.8 Å². The van der Waals surface area contributed by atoms with Gasteiger partial charge in [0.2, 0.25) is 10.0 Å². The number of halogens is 1. The molecule has 0 bridgehead atoms. The molecule has 0 radical (unpaired) electrons. The Morgan fingerprint density at radius 1 is 1.48 bits per heavy atom. The summed E-state index contributed by atoms with van der Waals surface area (Å²) >= 11 is 0. The summed E-state index contributed by atoms with van der Waals surface area (Å²) in [5.41, 5.74) is -0.708. The average Bonchev–Trinajstić information content (AvgIpc) is 2.39. The van der Waals surface area contributed by atoms with Crippen molar-refractivity contribution in [3.63, 3.8) is 0 Å². The molecule has 0 heterocycles. The molecule has 2 N–H and O–H groups in total. The number of aryl methyl sites for hydroxylation is 1. The van der Waals surface area contributed by atoms with Gasteiger partial charge in [-0.2, -0.15) is 0 Å². The molecule has 0 saturated carbocycles. The third-order valence-electron chi connectivity index (χ3n) is 2.84. The van der Waals surface area contributed by atoms with Gasteiger partial charge in [-0.15, -0.1) is 0 Å². The monoisotopic (exact) mass is 319 g/mol. The summed E-state index contributed by atoms with van der Waals surface area (Å²) in [5, 5.41) is 8.90. The van der Waals surface area contributed by atoms with Gasteiger partial charge in [0.15, 0.2) is 0 Å². The van der Waals surface area contributed by atoms with Crippen molar-refractivity contribution in [3.05, 3.63) is 29.1 Å². The standard InChI is InChI=1S/C13H18FNO5S/c1-8(7-20-3)6-15-21(18,19)10-4-9(2)12(14)11(5-10)13(16)17/h4-5,8,15H,6-7H2,1-3H3,(H,16,17). The van der Waals surface area contributed by atoms with Crippen molar-refractivity contribution < 1.29 is 27.4 Å². The Kier molecular flexibility index (Phi) is 5.82. The van der Waals surface area contributed by atoms with Gasteiger partial charge in [0.25, 0.3) is 0 Å². The lowest BCUT2D eigenvalue weighted by Gasteiger charge is -2.13. The van der Waals surface area contributed by atoms with Crippen LogP contribution >= 0.6 is 0 Å². The fraction of sp³-hybridized carbons (Fsp3) is 0.462. The van der Waals surface area contributed by atoms with Gasteiger partial charge in [0.1, 0.15) is 5.82 Å². The Balaban J connectivity index is 3.06. The normalized spacial score (nSPS) is 13.1. The largest absolute Gasteiger partial charge is 0.478 e. The predicted molar refractivity (Wildman–Crippen MR) is 74.3 cm³/mol. The van der Waals surface area contributed by atoms with Crippen LogP contribution in [-0.2, 0) is 14.8 Å². The van der Waals surface area contributed by atoms with Crippen LogP contribution in [-0.4, -0.2) is 39.8 Å². The molecule has 1 unspecified atom stereocenters. The van der Waals surface area contributed by atoms with Gasteiger partial charge in [-0.3, -0.25) is 0 Å². The molecule has 0 fully saturated rings. The topological polar surface area (TPSA) is 92.7 Å². The van der Waals surface area contributed by atoms with E-state index in [1.54, 1.807) is 6.92 Å². The molecule has 1 aromatic carbocycles. The Bertz CT molecular complexity index is 630. The smallest absolute Gasteiger partial charge is 0.338 e. The first-order valence-corrected chi connectivity index (χ1v) is 7.69. The third-order valence-corrected chi connectivity index (χ3v) is 4.24. The van der Waals surface area contributed by atoms with Crippen molar-refractivity contribution >= 4 is 16.0 Å². The second-order valence-corrected chi connectivity index (χ2v) is 6.59. The van der Waals surface area contributed by atoms with Crippen molar-refractivity contribution in [3.8, 4) is 0 Å². The average molecular weight is 319 g/mol. The van der Waals surface area contributed by atoms with Gasteiger partial charge < -0.3 is 9.84 Å². The molecule has 6 nitrogen and oxygen atoms in total. The van der Waals surface area contributed by atoms with E-state index in [-0.39, 0.29) is 22.9 Å². The first-order valence-electron chi connectivity index (χ1n) is 6.21. The van der Waals surface area contributed by atoms with Crippen LogP contribution in [0.3, 0.4) is 0 Å². The van der Waals surface area contributed by atoms with Crippen molar-refractivity contribution in [1.29, 1.82) is 0 Å². The molecule has 1 rings (SSSR count). The van der Waals surface area contributed by atoms with E-state index >= 15 is 0 Å². The Hall–Kier alpha value is -1.51. The molecule has 118 valence electrons. The minimum Gasteiger partial charge on any atom is -0.478 e. The molecule has 1 atom stereocenters. The summed E-state index contributed by atoms with van der Waals surface area (Å²) in [6.07, 6.45) is 0. The highest BCUT2D eigenvalue weighted by atomic mass is 32.2.